The van der Waals surface area contributed by atoms with E-state index in [1.807, 2.05) is 0 Å². The molecular weight excluding hydrogens is 463 g/mol. The van der Waals surface area contributed by atoms with Gasteiger partial charge in [0, 0.05) is 15.8 Å². The van der Waals surface area contributed by atoms with Gasteiger partial charge in [-0.1, -0.05) is 28.9 Å². The van der Waals surface area contributed by atoms with Gasteiger partial charge < -0.3 is 9.72 Å². The minimum Gasteiger partial charge on any atom is -0.345 e. The van der Waals surface area contributed by atoms with Crippen LogP contribution in [0.4, 0.5) is 4.39 Å². The van der Waals surface area contributed by atoms with Crippen LogP contribution in [0.5, 0.6) is 0 Å². The maximum absolute atomic E-state index is 14.4. The van der Waals surface area contributed by atoms with E-state index in [1.165, 1.54) is 45.3 Å². The highest BCUT2D eigenvalue weighted by Gasteiger charge is 2.23. The molecule has 0 radical (unpaired) electrons. The number of benzene rings is 1. The Balaban J connectivity index is 1.14. The number of carbonyl (C=O) groups is 1. The lowest BCUT2D eigenvalue weighted by atomic mass is 10.1. The summed E-state index contributed by atoms with van der Waals surface area (Å²) in [5.74, 6) is -0.250. The molecule has 5 aromatic rings. The van der Waals surface area contributed by atoms with Crippen LogP contribution in [0.2, 0.25) is 5.02 Å². The summed E-state index contributed by atoms with van der Waals surface area (Å²) in [5, 5.41) is 12.0. The Hall–Kier alpha value is -3.30. The van der Waals surface area contributed by atoms with Crippen molar-refractivity contribution >= 4 is 44.4 Å². The molecule has 1 aliphatic carbocycles. The van der Waals surface area contributed by atoms with E-state index >= 15 is 0 Å². The molecular formula is C23H18ClFN6OS. The summed E-state index contributed by atoms with van der Waals surface area (Å²) in [6.07, 6.45) is 7.27. The Labute approximate surface area is 196 Å². The van der Waals surface area contributed by atoms with E-state index in [4.69, 9.17) is 11.6 Å². The van der Waals surface area contributed by atoms with E-state index in [9.17, 15) is 9.18 Å². The topological polar surface area (TPSA) is 77.1 Å². The molecule has 166 valence electrons. The number of halogens is 2. The zero-order valence-corrected chi connectivity index (χ0v) is 18.9. The van der Waals surface area contributed by atoms with Crippen molar-refractivity contribution in [2.45, 2.75) is 31.8 Å². The number of amides is 1. The zero-order valence-electron chi connectivity index (χ0n) is 17.3. The number of nitrogens with one attached hydrogen (secondary N) is 1. The molecule has 1 aromatic carbocycles. The van der Waals surface area contributed by atoms with Crippen LogP contribution < -0.4 is 5.32 Å². The fourth-order valence-electron chi connectivity index (χ4n) is 3.96. The number of fused-ring (bicyclic) bond motifs is 2. The number of carbonyl (C=O) groups excluding carboxylic acids is 1. The Bertz CT molecular complexity index is 1520. The van der Waals surface area contributed by atoms with E-state index in [1.54, 1.807) is 28.4 Å². The van der Waals surface area contributed by atoms with E-state index in [0.717, 1.165) is 10.8 Å². The van der Waals surface area contributed by atoms with Gasteiger partial charge in [0.05, 0.1) is 36.3 Å². The number of pyridine rings is 1. The quantitative estimate of drug-likeness (QED) is 0.379. The van der Waals surface area contributed by atoms with Crippen molar-refractivity contribution in [3.63, 3.8) is 0 Å². The van der Waals surface area contributed by atoms with Gasteiger partial charge in [-0.25, -0.2) is 14.1 Å². The SMILES string of the molecule is O=C(NCc1ncn2ccc(Cl)c(F)c12)c1cn(Cc2cc3ccc(C4CC4)cc3s2)nn1. The molecule has 6 rings (SSSR count). The monoisotopic (exact) mass is 480 g/mol. The number of hydrogen-bond acceptors (Lipinski definition) is 5. The van der Waals surface area contributed by atoms with Crippen LogP contribution in [-0.4, -0.2) is 30.3 Å². The Morgan fingerprint density at radius 3 is 3.00 bits per heavy atom. The molecule has 7 nitrogen and oxygen atoms in total. The molecule has 1 aliphatic rings. The van der Waals surface area contributed by atoms with Gasteiger partial charge >= 0.3 is 0 Å². The first-order valence-electron chi connectivity index (χ1n) is 10.6. The minimum atomic E-state index is -0.570. The summed E-state index contributed by atoms with van der Waals surface area (Å²) in [7, 11) is 0. The third-order valence-corrected chi connectivity index (χ3v) is 7.19. The average molecular weight is 481 g/mol. The van der Waals surface area contributed by atoms with Gasteiger partial charge in [0.25, 0.3) is 5.91 Å². The Kier molecular flexibility index (Phi) is 4.88. The highest BCUT2D eigenvalue weighted by molar-refractivity contribution is 7.19. The number of aromatic nitrogens is 5. The van der Waals surface area contributed by atoms with Gasteiger partial charge in [0.15, 0.2) is 11.5 Å². The van der Waals surface area contributed by atoms with E-state index < -0.39 is 11.7 Å². The van der Waals surface area contributed by atoms with Gasteiger partial charge in [-0.2, -0.15) is 0 Å². The van der Waals surface area contributed by atoms with Gasteiger partial charge in [-0.3, -0.25) is 4.79 Å². The van der Waals surface area contributed by atoms with E-state index in [-0.39, 0.29) is 22.8 Å². The summed E-state index contributed by atoms with van der Waals surface area (Å²) in [5.41, 5.74) is 2.23. The van der Waals surface area contributed by atoms with Crippen molar-refractivity contribution in [2.75, 3.05) is 0 Å². The van der Waals surface area contributed by atoms with Gasteiger partial charge in [-0.05, 0) is 47.9 Å². The smallest absolute Gasteiger partial charge is 0.273 e. The second-order valence-corrected chi connectivity index (χ2v) is 9.77. The number of hydrogen-bond donors (Lipinski definition) is 1. The molecule has 1 N–H and O–H groups in total. The average Bonchev–Trinajstić information content (AvgIpc) is 3.23. The summed E-state index contributed by atoms with van der Waals surface area (Å²) in [6.45, 7) is 0.576. The second kappa shape index (κ2) is 7.93. The fourth-order valence-corrected chi connectivity index (χ4v) is 5.21. The van der Waals surface area contributed by atoms with E-state index in [2.05, 4.69) is 44.9 Å². The predicted octanol–water partition coefficient (Wildman–Crippen LogP) is 4.79. The van der Waals surface area contributed by atoms with Crippen molar-refractivity contribution in [1.29, 1.82) is 0 Å². The first-order valence-corrected chi connectivity index (χ1v) is 11.7. The molecule has 0 bridgehead atoms. The van der Waals surface area contributed by atoms with Crippen molar-refractivity contribution in [3.05, 3.63) is 81.7 Å². The lowest BCUT2D eigenvalue weighted by Gasteiger charge is -2.03. The summed E-state index contributed by atoms with van der Waals surface area (Å²) >= 11 is 7.61. The molecule has 0 spiro atoms. The molecule has 0 saturated heterocycles. The standard InChI is InChI=1S/C23H18ClFN6OS/c24-17-5-6-30-12-27-18(22(30)21(17)25)9-26-23(32)19-11-31(29-28-19)10-16-7-15-4-3-14(13-1-2-13)8-20(15)33-16/h3-8,11-13H,1-2,9-10H2,(H,26,32). The maximum atomic E-state index is 14.4. The summed E-state index contributed by atoms with van der Waals surface area (Å²) < 4.78 is 18.8. The molecule has 0 unspecified atom stereocenters. The molecule has 33 heavy (non-hydrogen) atoms. The predicted molar refractivity (Wildman–Crippen MR) is 124 cm³/mol. The largest absolute Gasteiger partial charge is 0.345 e. The lowest BCUT2D eigenvalue weighted by molar-refractivity contribution is 0.0945. The Morgan fingerprint density at radius 2 is 2.15 bits per heavy atom. The van der Waals surface area contributed by atoms with Crippen LogP contribution >= 0.6 is 22.9 Å². The molecule has 10 heteroatoms. The lowest BCUT2D eigenvalue weighted by Crippen LogP contribution is -2.23. The third-order valence-electron chi connectivity index (χ3n) is 5.82. The van der Waals surface area contributed by atoms with Gasteiger partial charge in [0.2, 0.25) is 0 Å². The van der Waals surface area contributed by atoms with Crippen molar-refractivity contribution in [2.24, 2.45) is 0 Å². The molecule has 1 saturated carbocycles. The highest BCUT2D eigenvalue weighted by Crippen LogP contribution is 2.41. The van der Waals surface area contributed by atoms with E-state index in [0.29, 0.717) is 12.2 Å². The van der Waals surface area contributed by atoms with Crippen LogP contribution in [0.3, 0.4) is 0 Å². The zero-order chi connectivity index (χ0) is 22.5. The van der Waals surface area contributed by atoms with Crippen LogP contribution in [-0.2, 0) is 13.1 Å². The van der Waals surface area contributed by atoms with Crippen LogP contribution in [0.25, 0.3) is 15.6 Å². The number of rotatable bonds is 6. The number of thiophene rings is 1. The molecule has 1 amide bonds. The second-order valence-electron chi connectivity index (χ2n) is 8.19. The molecule has 0 aliphatic heterocycles. The normalized spacial score (nSPS) is 13.8. The molecule has 1 fully saturated rings. The number of imidazole rings is 1. The Morgan fingerprint density at radius 1 is 1.27 bits per heavy atom. The summed E-state index contributed by atoms with van der Waals surface area (Å²) in [4.78, 5) is 17.9. The first kappa shape index (κ1) is 20.3. The minimum absolute atomic E-state index is 0.00326. The first-order chi connectivity index (χ1) is 16.0. The van der Waals surface area contributed by atoms with Crippen LogP contribution in [0, 0.1) is 5.82 Å². The highest BCUT2D eigenvalue weighted by atomic mass is 35.5. The van der Waals surface area contributed by atoms with Gasteiger partial charge in [-0.15, -0.1) is 16.4 Å². The van der Waals surface area contributed by atoms with Crippen molar-refractivity contribution in [1.82, 2.24) is 29.7 Å². The maximum Gasteiger partial charge on any atom is 0.273 e. The van der Waals surface area contributed by atoms with Crippen LogP contribution in [0.1, 0.15) is 45.4 Å². The summed E-state index contributed by atoms with van der Waals surface area (Å²) in [6, 6.07) is 10.3. The van der Waals surface area contributed by atoms with Gasteiger partial charge in [0.1, 0.15) is 5.52 Å². The van der Waals surface area contributed by atoms with Crippen molar-refractivity contribution in [3.8, 4) is 0 Å². The third kappa shape index (κ3) is 3.87. The fraction of sp³-hybridized carbons (Fsp3) is 0.217. The molecule has 4 aromatic heterocycles. The molecule has 0 atom stereocenters. The number of nitrogens with zero attached hydrogens (tertiary/aromatic N) is 5. The van der Waals surface area contributed by atoms with Crippen LogP contribution in [0.15, 0.2) is 49.1 Å². The molecule has 4 heterocycles. The van der Waals surface area contributed by atoms with Crippen molar-refractivity contribution < 1.29 is 9.18 Å².